The molecule has 0 saturated carbocycles. The molecular weight excluding hydrogens is 336 g/mol. The van der Waals surface area contributed by atoms with Crippen LogP contribution in [0, 0.1) is 5.92 Å². The number of nitrogens with zero attached hydrogens (tertiary/aromatic N) is 1. The molecule has 142 valence electrons. The number of sulfone groups is 1. The lowest BCUT2D eigenvalue weighted by Gasteiger charge is -2.26. The molecule has 25 heavy (non-hydrogen) atoms. The number of hydrogen-bond acceptors (Lipinski definition) is 4. The molecule has 3 N–H and O–H groups in total. The molecule has 0 aromatic heterocycles. The maximum absolute atomic E-state index is 11.3. The minimum Gasteiger partial charge on any atom is -0.380 e. The van der Waals surface area contributed by atoms with E-state index in [0.29, 0.717) is 24.8 Å². The Balaban J connectivity index is 2.52. The third-order valence-corrected chi connectivity index (χ3v) is 4.93. The van der Waals surface area contributed by atoms with Crippen LogP contribution in [0.25, 0.3) is 0 Å². The van der Waals surface area contributed by atoms with E-state index < -0.39 is 9.84 Å². The summed E-state index contributed by atoms with van der Waals surface area (Å²) in [5, 5.41) is 10.1. The number of nitrogens with one attached hydrogen (secondary N) is 3. The molecule has 1 aromatic rings. The molecule has 0 spiro atoms. The SMILES string of the molecule is CN=C(NCC(Nc1ccccc1)C(C)C)NC(C)CCS(C)(=O)=O. The minimum atomic E-state index is -2.94. The van der Waals surface area contributed by atoms with Crippen LogP contribution in [0.5, 0.6) is 0 Å². The third kappa shape index (κ3) is 9.34. The fraction of sp³-hybridized carbons (Fsp3) is 0.611. The first-order valence-corrected chi connectivity index (χ1v) is 10.7. The maximum atomic E-state index is 11.3. The number of aliphatic imine (C=N–C) groups is 1. The van der Waals surface area contributed by atoms with Gasteiger partial charge in [0.05, 0.1) is 5.75 Å². The van der Waals surface area contributed by atoms with E-state index >= 15 is 0 Å². The van der Waals surface area contributed by atoms with Crippen molar-refractivity contribution in [3.8, 4) is 0 Å². The minimum absolute atomic E-state index is 0.0282. The summed E-state index contributed by atoms with van der Waals surface area (Å²) in [4.78, 5) is 4.23. The zero-order valence-corrected chi connectivity index (χ0v) is 16.7. The average Bonchev–Trinajstić information content (AvgIpc) is 2.55. The van der Waals surface area contributed by atoms with Crippen LogP contribution in [0.15, 0.2) is 35.3 Å². The predicted molar refractivity (Wildman–Crippen MR) is 107 cm³/mol. The Morgan fingerprint density at radius 1 is 1.16 bits per heavy atom. The van der Waals surface area contributed by atoms with E-state index in [2.05, 4.69) is 46.9 Å². The Morgan fingerprint density at radius 3 is 2.32 bits per heavy atom. The van der Waals surface area contributed by atoms with Gasteiger partial charge in [-0.2, -0.15) is 0 Å². The molecule has 0 saturated heterocycles. The topological polar surface area (TPSA) is 82.6 Å². The van der Waals surface area contributed by atoms with E-state index in [4.69, 9.17) is 0 Å². The largest absolute Gasteiger partial charge is 0.380 e. The molecule has 2 unspecified atom stereocenters. The van der Waals surface area contributed by atoms with Gasteiger partial charge in [-0.25, -0.2) is 8.42 Å². The second-order valence-electron chi connectivity index (χ2n) is 6.78. The molecule has 6 nitrogen and oxygen atoms in total. The van der Waals surface area contributed by atoms with Crippen molar-refractivity contribution in [1.29, 1.82) is 0 Å². The Bertz CT molecular complexity index is 630. The van der Waals surface area contributed by atoms with Crippen LogP contribution in [-0.2, 0) is 9.84 Å². The highest BCUT2D eigenvalue weighted by atomic mass is 32.2. The second-order valence-corrected chi connectivity index (χ2v) is 9.04. The number of anilines is 1. The first-order valence-electron chi connectivity index (χ1n) is 8.67. The summed E-state index contributed by atoms with van der Waals surface area (Å²) < 4.78 is 22.5. The van der Waals surface area contributed by atoms with E-state index in [9.17, 15) is 8.42 Å². The van der Waals surface area contributed by atoms with Gasteiger partial charge in [0.2, 0.25) is 0 Å². The quantitative estimate of drug-likeness (QED) is 0.459. The lowest BCUT2D eigenvalue weighted by Crippen LogP contribution is -2.47. The van der Waals surface area contributed by atoms with E-state index in [-0.39, 0.29) is 17.8 Å². The third-order valence-electron chi connectivity index (χ3n) is 3.95. The smallest absolute Gasteiger partial charge is 0.191 e. The zero-order chi connectivity index (χ0) is 18.9. The Morgan fingerprint density at radius 2 is 1.80 bits per heavy atom. The van der Waals surface area contributed by atoms with E-state index in [1.54, 1.807) is 7.05 Å². The van der Waals surface area contributed by atoms with Gasteiger partial charge in [0.25, 0.3) is 0 Å². The summed E-state index contributed by atoms with van der Waals surface area (Å²) in [6.45, 7) is 7.02. The average molecular weight is 369 g/mol. The van der Waals surface area contributed by atoms with Crippen LogP contribution in [0.1, 0.15) is 27.2 Å². The molecule has 1 rings (SSSR count). The normalized spacial score (nSPS) is 14.9. The lowest BCUT2D eigenvalue weighted by atomic mass is 10.0. The standard InChI is InChI=1S/C18H32N4O2S/c1-14(2)17(22-16-9-7-6-8-10-16)13-20-18(19-4)21-15(3)11-12-25(5,23)24/h6-10,14-15,17,22H,11-13H2,1-5H3,(H2,19,20,21). The van der Waals surface area contributed by atoms with Crippen LogP contribution >= 0.6 is 0 Å². The van der Waals surface area contributed by atoms with Gasteiger partial charge in [-0.1, -0.05) is 32.0 Å². The van der Waals surface area contributed by atoms with E-state index in [1.165, 1.54) is 6.26 Å². The van der Waals surface area contributed by atoms with Crippen LogP contribution in [0.4, 0.5) is 5.69 Å². The van der Waals surface area contributed by atoms with Crippen molar-refractivity contribution in [3.05, 3.63) is 30.3 Å². The number of hydrogen-bond donors (Lipinski definition) is 3. The summed E-state index contributed by atoms with van der Waals surface area (Å²) in [6.07, 6.45) is 1.81. The first kappa shape index (κ1) is 21.3. The number of rotatable bonds is 9. The van der Waals surface area contributed by atoms with Crippen molar-refractivity contribution >= 4 is 21.5 Å². The molecular formula is C18H32N4O2S. The summed E-state index contributed by atoms with van der Waals surface area (Å²) in [6, 6.07) is 10.4. The predicted octanol–water partition coefficient (Wildman–Crippen LogP) is 2.11. The highest BCUT2D eigenvalue weighted by Gasteiger charge is 2.15. The molecule has 0 fully saturated rings. The Labute approximate surface area is 152 Å². The van der Waals surface area contributed by atoms with Gasteiger partial charge in [-0.3, -0.25) is 4.99 Å². The molecule has 0 heterocycles. The van der Waals surface area contributed by atoms with Crippen LogP contribution in [-0.4, -0.2) is 52.1 Å². The molecule has 1 aromatic carbocycles. The summed E-state index contributed by atoms with van der Waals surface area (Å²) in [5.41, 5.74) is 1.09. The monoisotopic (exact) mass is 368 g/mol. The Kier molecular flexibility index (Phi) is 8.75. The first-order chi connectivity index (χ1) is 11.7. The van der Waals surface area contributed by atoms with Gasteiger partial charge in [-0.15, -0.1) is 0 Å². The van der Waals surface area contributed by atoms with Gasteiger partial charge < -0.3 is 16.0 Å². The van der Waals surface area contributed by atoms with Crippen molar-refractivity contribution < 1.29 is 8.42 Å². The molecule has 7 heteroatoms. The zero-order valence-electron chi connectivity index (χ0n) is 15.9. The number of para-hydroxylation sites is 1. The molecule has 0 aliphatic carbocycles. The second kappa shape index (κ2) is 10.3. The van der Waals surface area contributed by atoms with Crippen LogP contribution in [0.2, 0.25) is 0 Å². The number of guanidine groups is 1. The van der Waals surface area contributed by atoms with Crippen molar-refractivity contribution in [2.45, 2.75) is 39.3 Å². The van der Waals surface area contributed by atoms with Crippen molar-refractivity contribution in [2.24, 2.45) is 10.9 Å². The molecule has 0 radical (unpaired) electrons. The number of benzene rings is 1. The van der Waals surface area contributed by atoms with Crippen molar-refractivity contribution in [2.75, 3.05) is 30.9 Å². The van der Waals surface area contributed by atoms with E-state index in [0.717, 1.165) is 5.69 Å². The Hall–Kier alpha value is -1.76. The summed E-state index contributed by atoms with van der Waals surface area (Å²) >= 11 is 0. The fourth-order valence-electron chi connectivity index (χ4n) is 2.30. The van der Waals surface area contributed by atoms with Crippen LogP contribution < -0.4 is 16.0 Å². The van der Waals surface area contributed by atoms with Gasteiger partial charge in [0, 0.05) is 37.6 Å². The maximum Gasteiger partial charge on any atom is 0.191 e. The molecule has 0 aliphatic heterocycles. The molecule has 0 bridgehead atoms. The fourth-order valence-corrected chi connectivity index (χ4v) is 3.08. The highest BCUT2D eigenvalue weighted by molar-refractivity contribution is 7.90. The summed E-state index contributed by atoms with van der Waals surface area (Å²) in [7, 11) is -1.23. The van der Waals surface area contributed by atoms with Crippen LogP contribution in [0.3, 0.4) is 0 Å². The molecule has 2 atom stereocenters. The van der Waals surface area contributed by atoms with E-state index in [1.807, 2.05) is 25.1 Å². The highest BCUT2D eigenvalue weighted by Crippen LogP contribution is 2.11. The summed E-state index contributed by atoms with van der Waals surface area (Å²) in [5.74, 6) is 1.29. The van der Waals surface area contributed by atoms with Gasteiger partial charge >= 0.3 is 0 Å². The lowest BCUT2D eigenvalue weighted by molar-refractivity contribution is 0.509. The van der Waals surface area contributed by atoms with Gasteiger partial charge in [-0.05, 0) is 31.4 Å². The van der Waals surface area contributed by atoms with Crippen molar-refractivity contribution in [1.82, 2.24) is 10.6 Å². The van der Waals surface area contributed by atoms with Gasteiger partial charge in [0.15, 0.2) is 5.96 Å². The molecule has 0 aliphatic rings. The van der Waals surface area contributed by atoms with Crippen molar-refractivity contribution in [3.63, 3.8) is 0 Å². The van der Waals surface area contributed by atoms with Gasteiger partial charge in [0.1, 0.15) is 9.84 Å². The molecule has 0 amide bonds.